The van der Waals surface area contributed by atoms with E-state index in [1.165, 1.54) is 0 Å². The van der Waals surface area contributed by atoms with Crippen LogP contribution in [-0.4, -0.2) is 72.1 Å². The Bertz CT molecular complexity index is 1240. The number of allylic oxidation sites excluding steroid dienone is 1. The van der Waals surface area contributed by atoms with Gasteiger partial charge < -0.3 is 10.2 Å². The van der Waals surface area contributed by atoms with Crippen molar-refractivity contribution in [2.45, 2.75) is 12.1 Å². The quantitative estimate of drug-likeness (QED) is 0.271. The molecule has 4 rings (SSSR count). The molecule has 2 heterocycles. The lowest BCUT2D eigenvalue weighted by atomic mass is 9.94. The number of benzene rings is 2. The van der Waals surface area contributed by atoms with Crippen molar-refractivity contribution in [3.8, 4) is 0 Å². The van der Waals surface area contributed by atoms with Crippen molar-refractivity contribution in [1.29, 1.82) is 0 Å². The maximum Gasteiger partial charge on any atom is 0.253 e. The summed E-state index contributed by atoms with van der Waals surface area (Å²) >= 11 is 0. The summed E-state index contributed by atoms with van der Waals surface area (Å²) in [6, 6.07) is 24.0. The van der Waals surface area contributed by atoms with E-state index in [-0.39, 0.29) is 23.9 Å². The van der Waals surface area contributed by atoms with Crippen LogP contribution in [0.5, 0.6) is 0 Å². The first kappa shape index (κ1) is 26.7. The molecule has 2 aromatic carbocycles. The van der Waals surface area contributed by atoms with E-state index in [4.69, 9.17) is 0 Å². The number of nitrogens with zero attached hydrogens (tertiary/aromatic N) is 4. The summed E-state index contributed by atoms with van der Waals surface area (Å²) in [4.78, 5) is 38.3. The van der Waals surface area contributed by atoms with Crippen molar-refractivity contribution in [2.24, 2.45) is 4.99 Å². The molecule has 1 aliphatic rings. The van der Waals surface area contributed by atoms with Crippen LogP contribution in [0.3, 0.4) is 0 Å². The standard InChI is InChI=1S/C31H33N5O2/c1-24(11-9-17-32-2)31(38)35-19-20-36(28(23-35)22-34-30(37)27-16-10-18-33-21-27)29(25-12-5-3-6-13-25)26-14-7-4-8-15-26/h3-18,21,28-29H,1,19-20,22-23H2,2H3,(H,34,37)/b11-9-,32-17-. The lowest BCUT2D eigenvalue weighted by Crippen LogP contribution is -2.59. The van der Waals surface area contributed by atoms with E-state index in [0.29, 0.717) is 37.3 Å². The van der Waals surface area contributed by atoms with Gasteiger partial charge in [-0.3, -0.25) is 24.5 Å². The van der Waals surface area contributed by atoms with Gasteiger partial charge in [-0.05, 0) is 35.4 Å². The molecule has 0 bridgehead atoms. The Hall–Kier alpha value is -4.36. The highest BCUT2D eigenvalue weighted by atomic mass is 16.2. The van der Waals surface area contributed by atoms with E-state index in [9.17, 15) is 9.59 Å². The highest BCUT2D eigenvalue weighted by Gasteiger charge is 2.35. The summed E-state index contributed by atoms with van der Waals surface area (Å²) in [5.41, 5.74) is 3.22. The van der Waals surface area contributed by atoms with Crippen molar-refractivity contribution < 1.29 is 9.59 Å². The summed E-state index contributed by atoms with van der Waals surface area (Å²) in [6.07, 6.45) is 8.20. The molecule has 1 atom stereocenters. The maximum absolute atomic E-state index is 13.2. The lowest BCUT2D eigenvalue weighted by molar-refractivity contribution is -0.130. The van der Waals surface area contributed by atoms with Crippen LogP contribution in [0.4, 0.5) is 0 Å². The van der Waals surface area contributed by atoms with Crippen molar-refractivity contribution in [2.75, 3.05) is 33.2 Å². The molecule has 7 heteroatoms. The van der Waals surface area contributed by atoms with Gasteiger partial charge in [-0.2, -0.15) is 0 Å². The predicted octanol–water partition coefficient (Wildman–Crippen LogP) is 3.93. The minimum absolute atomic E-state index is 0.0289. The Kier molecular flexibility index (Phi) is 9.32. The van der Waals surface area contributed by atoms with E-state index < -0.39 is 0 Å². The number of carbonyl (C=O) groups excluding carboxylic acids is 2. The molecule has 0 saturated carbocycles. The number of aliphatic imine (C=N–C) groups is 1. The molecule has 1 aliphatic heterocycles. The number of piperazine rings is 1. The minimum atomic E-state index is -0.191. The molecule has 1 fully saturated rings. The van der Waals surface area contributed by atoms with Gasteiger partial charge in [0.25, 0.3) is 11.8 Å². The fraction of sp³-hybridized carbons (Fsp3) is 0.226. The number of nitrogens with one attached hydrogen (secondary N) is 1. The number of rotatable bonds is 9. The Morgan fingerprint density at radius 2 is 1.74 bits per heavy atom. The van der Waals surface area contributed by atoms with Crippen LogP contribution in [0.15, 0.2) is 114 Å². The third kappa shape index (κ3) is 6.69. The third-order valence-electron chi connectivity index (χ3n) is 6.61. The molecule has 1 unspecified atom stereocenters. The molecule has 1 saturated heterocycles. The van der Waals surface area contributed by atoms with Gasteiger partial charge in [0, 0.05) is 63.4 Å². The molecule has 0 spiro atoms. The average Bonchev–Trinajstić information content (AvgIpc) is 2.97. The number of hydrogen-bond donors (Lipinski definition) is 1. The Labute approximate surface area is 224 Å². The summed E-state index contributed by atoms with van der Waals surface area (Å²) in [6.45, 7) is 5.98. The molecule has 3 aromatic rings. The van der Waals surface area contributed by atoms with E-state index in [0.717, 1.165) is 11.1 Å². The van der Waals surface area contributed by atoms with Gasteiger partial charge in [-0.1, -0.05) is 67.2 Å². The summed E-state index contributed by atoms with van der Waals surface area (Å²) in [5, 5.41) is 3.07. The molecule has 1 N–H and O–H groups in total. The van der Waals surface area contributed by atoms with Crippen molar-refractivity contribution in [3.63, 3.8) is 0 Å². The number of amides is 2. The van der Waals surface area contributed by atoms with E-state index in [2.05, 4.69) is 51.0 Å². The Morgan fingerprint density at radius 1 is 1.05 bits per heavy atom. The molecular formula is C31H33N5O2. The fourth-order valence-electron chi connectivity index (χ4n) is 4.75. The number of carbonyl (C=O) groups is 2. The molecule has 2 amide bonds. The van der Waals surface area contributed by atoms with Gasteiger partial charge in [0.2, 0.25) is 0 Å². The first-order chi connectivity index (χ1) is 18.6. The smallest absolute Gasteiger partial charge is 0.253 e. The molecule has 7 nitrogen and oxygen atoms in total. The normalized spacial score (nSPS) is 16.3. The van der Waals surface area contributed by atoms with E-state index in [1.54, 1.807) is 49.9 Å². The third-order valence-corrected chi connectivity index (χ3v) is 6.61. The topological polar surface area (TPSA) is 77.9 Å². The largest absolute Gasteiger partial charge is 0.350 e. The van der Waals surface area contributed by atoms with Gasteiger partial charge in [-0.15, -0.1) is 0 Å². The highest BCUT2D eigenvalue weighted by molar-refractivity contribution is 5.96. The number of pyridine rings is 1. The first-order valence-electron chi connectivity index (χ1n) is 12.7. The number of hydrogen-bond acceptors (Lipinski definition) is 5. The zero-order valence-electron chi connectivity index (χ0n) is 21.6. The second-order valence-corrected chi connectivity index (χ2v) is 9.11. The second-order valence-electron chi connectivity index (χ2n) is 9.11. The van der Waals surface area contributed by atoms with Crippen molar-refractivity contribution in [3.05, 3.63) is 126 Å². The summed E-state index contributed by atoms with van der Waals surface area (Å²) < 4.78 is 0. The maximum atomic E-state index is 13.2. The van der Waals surface area contributed by atoms with Crippen LogP contribution in [0.25, 0.3) is 0 Å². The number of aromatic nitrogens is 1. The molecule has 1 aromatic heterocycles. The van der Waals surface area contributed by atoms with Crippen LogP contribution in [0.1, 0.15) is 27.5 Å². The zero-order valence-corrected chi connectivity index (χ0v) is 21.6. The van der Waals surface area contributed by atoms with Gasteiger partial charge >= 0.3 is 0 Å². The molecule has 0 aliphatic carbocycles. The predicted molar refractivity (Wildman–Crippen MR) is 151 cm³/mol. The average molecular weight is 508 g/mol. The van der Waals surface area contributed by atoms with E-state index in [1.807, 2.05) is 41.3 Å². The van der Waals surface area contributed by atoms with Crippen molar-refractivity contribution in [1.82, 2.24) is 20.1 Å². The van der Waals surface area contributed by atoms with Crippen LogP contribution in [-0.2, 0) is 4.79 Å². The van der Waals surface area contributed by atoms with Crippen LogP contribution < -0.4 is 5.32 Å². The fourth-order valence-corrected chi connectivity index (χ4v) is 4.75. The van der Waals surface area contributed by atoms with E-state index >= 15 is 0 Å². The second kappa shape index (κ2) is 13.3. The lowest BCUT2D eigenvalue weighted by Gasteiger charge is -2.45. The summed E-state index contributed by atoms with van der Waals surface area (Å²) in [7, 11) is 1.68. The molecule has 0 radical (unpaired) electrons. The van der Waals surface area contributed by atoms with Gasteiger partial charge in [0.05, 0.1) is 11.6 Å². The van der Waals surface area contributed by atoms with Gasteiger partial charge in [0.15, 0.2) is 0 Å². The van der Waals surface area contributed by atoms with Crippen molar-refractivity contribution >= 4 is 18.0 Å². The van der Waals surface area contributed by atoms with Crippen LogP contribution in [0.2, 0.25) is 0 Å². The zero-order chi connectivity index (χ0) is 26.7. The monoisotopic (exact) mass is 507 g/mol. The van der Waals surface area contributed by atoms with Crippen LogP contribution in [0, 0.1) is 0 Å². The minimum Gasteiger partial charge on any atom is -0.350 e. The first-order valence-corrected chi connectivity index (χ1v) is 12.7. The molecule has 38 heavy (non-hydrogen) atoms. The van der Waals surface area contributed by atoms with Gasteiger partial charge in [0.1, 0.15) is 0 Å². The Balaban J connectivity index is 1.61. The molecule has 194 valence electrons. The SMILES string of the molecule is C=C(/C=C\C=N/C)C(=O)N1CCN(C(c2ccccc2)c2ccccc2)C(CNC(=O)c2cccnc2)C1. The molecular weight excluding hydrogens is 474 g/mol. The van der Waals surface area contributed by atoms with Gasteiger partial charge in [-0.25, -0.2) is 0 Å². The highest BCUT2D eigenvalue weighted by Crippen LogP contribution is 2.32. The van der Waals surface area contributed by atoms with Crippen LogP contribution >= 0.6 is 0 Å². The summed E-state index contributed by atoms with van der Waals surface area (Å²) in [5.74, 6) is -0.311. The Morgan fingerprint density at radius 3 is 2.34 bits per heavy atom.